The molecule has 1 heterocycles. The van der Waals surface area contributed by atoms with Crippen LogP contribution in [0.1, 0.15) is 28.3 Å². The van der Waals surface area contributed by atoms with E-state index in [1.165, 1.54) is 4.90 Å². The van der Waals surface area contributed by atoms with Crippen LogP contribution in [0.15, 0.2) is 152 Å². The first-order valence-corrected chi connectivity index (χ1v) is 12.7. The Morgan fingerprint density at radius 1 is 0.474 bits per heavy atom. The zero-order valence-corrected chi connectivity index (χ0v) is 20.7. The van der Waals surface area contributed by atoms with Gasteiger partial charge in [0.2, 0.25) is 0 Å². The third kappa shape index (κ3) is 3.70. The summed E-state index contributed by atoms with van der Waals surface area (Å²) < 4.78 is 0. The molecule has 0 bridgehead atoms. The number of carbonyl (C=O) groups excluding carboxylic acids is 2. The summed E-state index contributed by atoms with van der Waals surface area (Å²) in [6, 6.07) is 47.3. The second-order valence-electron chi connectivity index (χ2n) is 9.28. The van der Waals surface area contributed by atoms with Crippen molar-refractivity contribution < 1.29 is 9.59 Å². The number of rotatable bonds is 6. The van der Waals surface area contributed by atoms with E-state index in [-0.39, 0.29) is 11.9 Å². The molecule has 0 saturated carbocycles. The molecule has 4 heteroatoms. The second kappa shape index (κ2) is 9.83. The zero-order valence-electron chi connectivity index (χ0n) is 20.7. The Kier molecular flexibility index (Phi) is 6.06. The van der Waals surface area contributed by atoms with Crippen molar-refractivity contribution in [1.29, 1.82) is 0 Å². The number of para-hydroxylation sites is 1. The van der Waals surface area contributed by atoms with E-state index in [0.29, 0.717) is 5.69 Å². The molecule has 38 heavy (non-hydrogen) atoms. The van der Waals surface area contributed by atoms with Crippen LogP contribution in [0.2, 0.25) is 0 Å². The van der Waals surface area contributed by atoms with E-state index in [2.05, 4.69) is 0 Å². The fourth-order valence-electron chi connectivity index (χ4n) is 5.55. The number of nitrogens with zero attached hydrogens (tertiary/aromatic N) is 2. The van der Waals surface area contributed by atoms with Crippen LogP contribution >= 0.6 is 0 Å². The van der Waals surface area contributed by atoms with E-state index in [1.54, 1.807) is 4.90 Å². The minimum absolute atomic E-state index is 0.276. The van der Waals surface area contributed by atoms with Gasteiger partial charge in [0.15, 0.2) is 0 Å². The first kappa shape index (κ1) is 23.4. The summed E-state index contributed by atoms with van der Waals surface area (Å²) in [7, 11) is 0. The van der Waals surface area contributed by atoms with Gasteiger partial charge in [0.25, 0.3) is 5.91 Å². The third-order valence-electron chi connectivity index (χ3n) is 7.17. The molecule has 5 aromatic rings. The molecule has 0 radical (unpaired) electrons. The molecular formula is C34H26N2O2. The first-order valence-electron chi connectivity index (χ1n) is 12.7. The van der Waals surface area contributed by atoms with Crippen LogP contribution < -0.4 is 4.90 Å². The SMILES string of the molecule is O=C1C(c2ccccc2)N(c2ccccc2)C(=O)N1C(c1ccccc1)(c1ccccc1)c1ccccc1. The quantitative estimate of drug-likeness (QED) is 0.185. The van der Waals surface area contributed by atoms with E-state index >= 15 is 0 Å². The molecule has 184 valence electrons. The monoisotopic (exact) mass is 494 g/mol. The average molecular weight is 495 g/mol. The van der Waals surface area contributed by atoms with E-state index < -0.39 is 11.6 Å². The van der Waals surface area contributed by atoms with Crippen molar-refractivity contribution in [3.63, 3.8) is 0 Å². The molecule has 0 spiro atoms. The lowest BCUT2D eigenvalue weighted by atomic mass is 9.75. The van der Waals surface area contributed by atoms with Crippen molar-refractivity contribution in [3.05, 3.63) is 174 Å². The van der Waals surface area contributed by atoms with Crippen LogP contribution in [0.3, 0.4) is 0 Å². The maximum absolute atomic E-state index is 14.7. The minimum atomic E-state index is -1.19. The number of imide groups is 1. The summed E-state index contributed by atoms with van der Waals surface area (Å²) in [5.74, 6) is -0.276. The Balaban J connectivity index is 1.67. The third-order valence-corrected chi connectivity index (χ3v) is 7.17. The van der Waals surface area contributed by atoms with Gasteiger partial charge in [0, 0.05) is 5.69 Å². The van der Waals surface area contributed by atoms with Crippen LogP contribution in [-0.4, -0.2) is 16.8 Å². The minimum Gasteiger partial charge on any atom is -0.277 e. The highest BCUT2D eigenvalue weighted by atomic mass is 16.2. The van der Waals surface area contributed by atoms with Crippen LogP contribution in [0.4, 0.5) is 10.5 Å². The van der Waals surface area contributed by atoms with Gasteiger partial charge < -0.3 is 0 Å². The molecule has 1 saturated heterocycles. The highest BCUT2D eigenvalue weighted by Gasteiger charge is 2.57. The fourth-order valence-corrected chi connectivity index (χ4v) is 5.55. The van der Waals surface area contributed by atoms with E-state index in [4.69, 9.17) is 0 Å². The van der Waals surface area contributed by atoms with Gasteiger partial charge in [0.1, 0.15) is 11.6 Å². The van der Waals surface area contributed by atoms with Crippen molar-refractivity contribution >= 4 is 17.6 Å². The summed E-state index contributed by atoms with van der Waals surface area (Å²) in [4.78, 5) is 32.5. The predicted molar refractivity (Wildman–Crippen MR) is 150 cm³/mol. The molecule has 1 aliphatic heterocycles. The number of carbonyl (C=O) groups is 2. The van der Waals surface area contributed by atoms with E-state index in [0.717, 1.165) is 22.3 Å². The molecular weight excluding hydrogens is 468 g/mol. The summed E-state index contributed by atoms with van der Waals surface area (Å²) >= 11 is 0. The lowest BCUT2D eigenvalue weighted by Crippen LogP contribution is -2.52. The molecule has 1 unspecified atom stereocenters. The molecule has 0 aliphatic carbocycles. The number of anilines is 1. The van der Waals surface area contributed by atoms with E-state index in [1.807, 2.05) is 152 Å². The van der Waals surface area contributed by atoms with Gasteiger partial charge >= 0.3 is 6.03 Å². The lowest BCUT2D eigenvalue weighted by Gasteiger charge is -2.42. The molecule has 4 nitrogen and oxygen atoms in total. The molecule has 3 amide bonds. The number of urea groups is 1. The second-order valence-corrected chi connectivity index (χ2v) is 9.28. The summed E-state index contributed by atoms with van der Waals surface area (Å²) in [5, 5.41) is 0. The Hall–Kier alpha value is -4.96. The highest BCUT2D eigenvalue weighted by molar-refractivity contribution is 6.15. The fraction of sp³-hybridized carbons (Fsp3) is 0.0588. The van der Waals surface area contributed by atoms with Gasteiger partial charge in [-0.3, -0.25) is 9.69 Å². The van der Waals surface area contributed by atoms with E-state index in [9.17, 15) is 9.59 Å². The van der Waals surface area contributed by atoms with Gasteiger partial charge in [-0.05, 0) is 34.4 Å². The van der Waals surface area contributed by atoms with Crippen LogP contribution in [0, 0.1) is 0 Å². The van der Waals surface area contributed by atoms with Crippen molar-refractivity contribution in [2.45, 2.75) is 11.6 Å². The van der Waals surface area contributed by atoms with Gasteiger partial charge in [-0.1, -0.05) is 140 Å². The maximum Gasteiger partial charge on any atom is 0.333 e. The van der Waals surface area contributed by atoms with Crippen molar-refractivity contribution in [3.8, 4) is 0 Å². The smallest absolute Gasteiger partial charge is 0.277 e. The predicted octanol–water partition coefficient (Wildman–Crippen LogP) is 7.19. The van der Waals surface area contributed by atoms with Crippen LogP contribution in [-0.2, 0) is 10.3 Å². The van der Waals surface area contributed by atoms with Crippen molar-refractivity contribution in [1.82, 2.24) is 4.90 Å². The van der Waals surface area contributed by atoms with Crippen LogP contribution in [0.5, 0.6) is 0 Å². The zero-order chi connectivity index (χ0) is 26.0. The Labute approximate surface area is 222 Å². The molecule has 1 fully saturated rings. The lowest BCUT2D eigenvalue weighted by molar-refractivity contribution is -0.130. The van der Waals surface area contributed by atoms with Gasteiger partial charge in [-0.15, -0.1) is 0 Å². The summed E-state index contributed by atoms with van der Waals surface area (Å²) in [6.45, 7) is 0. The van der Waals surface area contributed by atoms with Gasteiger partial charge in [-0.2, -0.15) is 0 Å². The number of amides is 3. The number of benzene rings is 5. The maximum atomic E-state index is 14.7. The molecule has 1 aliphatic rings. The standard InChI is InChI=1S/C34H26N2O2/c37-32-31(26-16-6-1-7-17-26)35(30-24-14-5-15-25-30)33(38)36(32)34(27-18-8-2-9-19-27,28-20-10-3-11-21-28)29-22-12-4-13-23-29/h1-25,31H. The van der Waals surface area contributed by atoms with Crippen molar-refractivity contribution in [2.75, 3.05) is 4.90 Å². The molecule has 0 N–H and O–H groups in total. The Morgan fingerprint density at radius 3 is 1.26 bits per heavy atom. The van der Waals surface area contributed by atoms with Crippen molar-refractivity contribution in [2.24, 2.45) is 0 Å². The Morgan fingerprint density at radius 2 is 0.842 bits per heavy atom. The summed E-state index contributed by atoms with van der Waals surface area (Å²) in [5.41, 5.74) is 2.75. The average Bonchev–Trinajstić information content (AvgIpc) is 3.26. The normalized spacial score (nSPS) is 15.6. The van der Waals surface area contributed by atoms with Gasteiger partial charge in [-0.25, -0.2) is 9.69 Å². The Bertz CT molecular complexity index is 1390. The van der Waals surface area contributed by atoms with Gasteiger partial charge in [0.05, 0.1) is 0 Å². The topological polar surface area (TPSA) is 40.6 Å². The molecule has 5 aromatic carbocycles. The molecule has 6 rings (SSSR count). The van der Waals surface area contributed by atoms with Crippen LogP contribution in [0.25, 0.3) is 0 Å². The highest BCUT2D eigenvalue weighted by Crippen LogP contribution is 2.48. The first-order chi connectivity index (χ1) is 18.7. The largest absolute Gasteiger partial charge is 0.333 e. The molecule has 0 aromatic heterocycles. The summed E-state index contributed by atoms with van der Waals surface area (Å²) in [6.07, 6.45) is 0. The molecule has 1 atom stereocenters. The number of hydrogen-bond acceptors (Lipinski definition) is 2. The number of hydrogen-bond donors (Lipinski definition) is 0.